The van der Waals surface area contributed by atoms with Gasteiger partial charge in [0, 0.05) is 12.5 Å². The Morgan fingerprint density at radius 1 is 1.50 bits per heavy atom. The van der Waals surface area contributed by atoms with Crippen LogP contribution in [0.3, 0.4) is 0 Å². The van der Waals surface area contributed by atoms with Crippen LogP contribution in [-0.2, 0) is 16.8 Å². The lowest BCUT2D eigenvalue weighted by molar-refractivity contribution is 0.160. The molecule has 1 aromatic rings. The van der Waals surface area contributed by atoms with Gasteiger partial charge >= 0.3 is 0 Å². The molecule has 0 atom stereocenters. The number of oxazole rings is 1. The predicted molar refractivity (Wildman–Crippen MR) is 45.9 cm³/mol. The molecule has 0 aromatic carbocycles. The van der Waals surface area contributed by atoms with E-state index in [4.69, 9.17) is 9.15 Å². The molecule has 0 amide bonds. The molecule has 12 heavy (non-hydrogen) atoms. The minimum atomic E-state index is -0.0218. The van der Waals surface area contributed by atoms with Crippen LogP contribution in [0.2, 0.25) is 0 Å². The summed E-state index contributed by atoms with van der Waals surface area (Å²) < 4.78 is 10.4. The predicted octanol–water partition coefficient (Wildman–Crippen LogP) is 2.12. The molecule has 0 bridgehead atoms. The first-order chi connectivity index (χ1) is 5.54. The van der Waals surface area contributed by atoms with Crippen molar-refractivity contribution in [1.82, 2.24) is 4.98 Å². The van der Waals surface area contributed by atoms with E-state index in [2.05, 4.69) is 25.8 Å². The summed E-state index contributed by atoms with van der Waals surface area (Å²) in [5.41, 5.74) is -0.0218. The van der Waals surface area contributed by atoms with Gasteiger partial charge in [-0.25, -0.2) is 4.98 Å². The SMILES string of the molecule is COCc1cnc(C(C)(C)C)o1. The third-order valence-corrected chi connectivity index (χ3v) is 1.48. The third kappa shape index (κ3) is 2.08. The first kappa shape index (κ1) is 9.26. The number of ether oxygens (including phenoxy) is 1. The molecular weight excluding hydrogens is 154 g/mol. The molecular formula is C9H15NO2. The standard InChI is InChI=1S/C9H15NO2/c1-9(2,3)8-10-5-7(12-8)6-11-4/h5H,6H2,1-4H3. The Morgan fingerprint density at radius 2 is 2.17 bits per heavy atom. The van der Waals surface area contributed by atoms with Crippen LogP contribution in [0.1, 0.15) is 32.4 Å². The zero-order chi connectivity index (χ0) is 9.19. The van der Waals surface area contributed by atoms with Gasteiger partial charge in [-0.2, -0.15) is 0 Å². The summed E-state index contributed by atoms with van der Waals surface area (Å²) in [6.07, 6.45) is 1.71. The van der Waals surface area contributed by atoms with Crippen molar-refractivity contribution in [3.05, 3.63) is 17.8 Å². The molecule has 0 spiro atoms. The molecule has 0 aliphatic heterocycles. The number of aromatic nitrogens is 1. The highest BCUT2D eigenvalue weighted by molar-refractivity contribution is 5.01. The van der Waals surface area contributed by atoms with E-state index in [1.807, 2.05) is 0 Å². The second-order valence-corrected chi connectivity index (χ2v) is 3.81. The molecule has 3 nitrogen and oxygen atoms in total. The highest BCUT2D eigenvalue weighted by atomic mass is 16.5. The smallest absolute Gasteiger partial charge is 0.199 e. The van der Waals surface area contributed by atoms with Crippen molar-refractivity contribution in [3.8, 4) is 0 Å². The quantitative estimate of drug-likeness (QED) is 0.680. The fraction of sp³-hybridized carbons (Fsp3) is 0.667. The fourth-order valence-corrected chi connectivity index (χ4v) is 0.863. The molecule has 1 rings (SSSR count). The summed E-state index contributed by atoms with van der Waals surface area (Å²) >= 11 is 0. The van der Waals surface area contributed by atoms with Crippen molar-refractivity contribution in [3.63, 3.8) is 0 Å². The minimum absolute atomic E-state index is 0.0218. The summed E-state index contributed by atoms with van der Waals surface area (Å²) in [4.78, 5) is 4.16. The lowest BCUT2D eigenvalue weighted by Gasteiger charge is -2.11. The zero-order valence-corrected chi connectivity index (χ0v) is 8.05. The third-order valence-electron chi connectivity index (χ3n) is 1.48. The first-order valence-electron chi connectivity index (χ1n) is 3.98. The molecule has 1 aromatic heterocycles. The van der Waals surface area contributed by atoms with E-state index in [9.17, 15) is 0 Å². The van der Waals surface area contributed by atoms with Crippen LogP contribution < -0.4 is 0 Å². The molecule has 0 fully saturated rings. The molecule has 0 radical (unpaired) electrons. The van der Waals surface area contributed by atoms with Gasteiger partial charge in [0.2, 0.25) is 0 Å². The lowest BCUT2D eigenvalue weighted by atomic mass is 9.97. The minimum Gasteiger partial charge on any atom is -0.443 e. The largest absolute Gasteiger partial charge is 0.443 e. The molecule has 0 aliphatic carbocycles. The Hall–Kier alpha value is -0.830. The second kappa shape index (κ2) is 3.27. The van der Waals surface area contributed by atoms with Gasteiger partial charge in [-0.1, -0.05) is 20.8 Å². The van der Waals surface area contributed by atoms with Gasteiger partial charge in [0.15, 0.2) is 5.89 Å². The van der Waals surface area contributed by atoms with Crippen LogP contribution >= 0.6 is 0 Å². The van der Waals surface area contributed by atoms with Crippen molar-refractivity contribution in [2.24, 2.45) is 0 Å². The summed E-state index contributed by atoms with van der Waals surface area (Å²) in [5, 5.41) is 0. The van der Waals surface area contributed by atoms with Gasteiger partial charge in [0.25, 0.3) is 0 Å². The number of nitrogens with zero attached hydrogens (tertiary/aromatic N) is 1. The van der Waals surface area contributed by atoms with Crippen molar-refractivity contribution in [2.45, 2.75) is 32.8 Å². The van der Waals surface area contributed by atoms with E-state index < -0.39 is 0 Å². The Balaban J connectivity index is 2.77. The highest BCUT2D eigenvalue weighted by Crippen LogP contribution is 2.21. The van der Waals surface area contributed by atoms with Crippen LogP contribution in [0.25, 0.3) is 0 Å². The van der Waals surface area contributed by atoms with Crippen molar-refractivity contribution in [2.75, 3.05) is 7.11 Å². The fourth-order valence-electron chi connectivity index (χ4n) is 0.863. The maximum Gasteiger partial charge on any atom is 0.199 e. The summed E-state index contributed by atoms with van der Waals surface area (Å²) in [5.74, 6) is 1.54. The van der Waals surface area contributed by atoms with E-state index in [1.54, 1.807) is 13.3 Å². The molecule has 0 aliphatic rings. The first-order valence-corrected chi connectivity index (χ1v) is 3.98. The second-order valence-electron chi connectivity index (χ2n) is 3.81. The zero-order valence-electron chi connectivity index (χ0n) is 8.05. The monoisotopic (exact) mass is 169 g/mol. The van der Waals surface area contributed by atoms with Crippen molar-refractivity contribution in [1.29, 1.82) is 0 Å². The van der Waals surface area contributed by atoms with Crippen LogP contribution in [0.5, 0.6) is 0 Å². The van der Waals surface area contributed by atoms with Gasteiger partial charge in [0.1, 0.15) is 12.4 Å². The Kier molecular flexibility index (Phi) is 2.52. The number of hydrogen-bond donors (Lipinski definition) is 0. The van der Waals surface area contributed by atoms with E-state index in [1.165, 1.54) is 0 Å². The Morgan fingerprint density at radius 3 is 2.58 bits per heavy atom. The molecule has 0 saturated carbocycles. The molecule has 0 saturated heterocycles. The average Bonchev–Trinajstić information content (AvgIpc) is 2.35. The Bertz CT molecular complexity index is 247. The number of methoxy groups -OCH3 is 1. The number of hydrogen-bond acceptors (Lipinski definition) is 3. The number of rotatable bonds is 2. The van der Waals surface area contributed by atoms with E-state index in [0.29, 0.717) is 6.61 Å². The van der Waals surface area contributed by atoms with Gasteiger partial charge in [-0.05, 0) is 0 Å². The summed E-state index contributed by atoms with van der Waals surface area (Å²) in [6.45, 7) is 6.68. The average molecular weight is 169 g/mol. The van der Waals surface area contributed by atoms with Crippen LogP contribution in [0.15, 0.2) is 10.6 Å². The topological polar surface area (TPSA) is 35.3 Å². The van der Waals surface area contributed by atoms with Crippen LogP contribution in [-0.4, -0.2) is 12.1 Å². The van der Waals surface area contributed by atoms with E-state index in [-0.39, 0.29) is 5.41 Å². The van der Waals surface area contributed by atoms with Crippen LogP contribution in [0, 0.1) is 0 Å². The molecule has 3 heteroatoms. The van der Waals surface area contributed by atoms with E-state index in [0.717, 1.165) is 11.7 Å². The molecule has 0 unspecified atom stereocenters. The highest BCUT2D eigenvalue weighted by Gasteiger charge is 2.19. The Labute approximate surface area is 72.7 Å². The summed E-state index contributed by atoms with van der Waals surface area (Å²) in [6, 6.07) is 0. The van der Waals surface area contributed by atoms with Crippen molar-refractivity contribution < 1.29 is 9.15 Å². The van der Waals surface area contributed by atoms with Gasteiger partial charge in [-0.3, -0.25) is 0 Å². The van der Waals surface area contributed by atoms with Crippen molar-refractivity contribution >= 4 is 0 Å². The maximum atomic E-state index is 5.45. The summed E-state index contributed by atoms with van der Waals surface area (Å²) in [7, 11) is 1.64. The van der Waals surface area contributed by atoms with Gasteiger partial charge in [-0.15, -0.1) is 0 Å². The molecule has 68 valence electrons. The molecule has 1 heterocycles. The normalized spacial score (nSPS) is 12.0. The van der Waals surface area contributed by atoms with E-state index >= 15 is 0 Å². The van der Waals surface area contributed by atoms with Crippen LogP contribution in [0.4, 0.5) is 0 Å². The van der Waals surface area contributed by atoms with Gasteiger partial charge in [0.05, 0.1) is 6.20 Å². The van der Waals surface area contributed by atoms with Gasteiger partial charge < -0.3 is 9.15 Å². The maximum absolute atomic E-state index is 5.45. The molecule has 0 N–H and O–H groups in total. The lowest BCUT2D eigenvalue weighted by Crippen LogP contribution is -2.10.